The summed E-state index contributed by atoms with van der Waals surface area (Å²) < 4.78 is 14.2. The van der Waals surface area contributed by atoms with Gasteiger partial charge in [0.15, 0.2) is 5.82 Å². The molecule has 0 amide bonds. The highest BCUT2D eigenvalue weighted by molar-refractivity contribution is 9.10. The molecule has 0 radical (unpaired) electrons. The second-order valence-corrected chi connectivity index (χ2v) is 5.66. The standard InChI is InChI=1S/C16H13BrFN3/c1-9-4-2-3-5-11(9)14-15(20-21-16(14)19)10-6-7-12(17)13(18)8-10/h2-8H,1H3,(H3,19,20,21). The van der Waals surface area contributed by atoms with Crippen molar-refractivity contribution in [2.24, 2.45) is 0 Å². The van der Waals surface area contributed by atoms with Crippen LogP contribution in [0.4, 0.5) is 10.2 Å². The molecule has 1 aromatic heterocycles. The summed E-state index contributed by atoms with van der Waals surface area (Å²) in [6.45, 7) is 2.01. The molecule has 0 aliphatic carbocycles. The van der Waals surface area contributed by atoms with Crippen molar-refractivity contribution < 1.29 is 4.39 Å². The minimum atomic E-state index is -0.323. The van der Waals surface area contributed by atoms with Crippen molar-refractivity contribution in [2.45, 2.75) is 6.92 Å². The van der Waals surface area contributed by atoms with Crippen LogP contribution in [0.2, 0.25) is 0 Å². The number of aromatic amines is 1. The molecule has 0 saturated heterocycles. The summed E-state index contributed by atoms with van der Waals surface area (Å²) >= 11 is 3.16. The van der Waals surface area contributed by atoms with Gasteiger partial charge in [0, 0.05) is 5.56 Å². The molecule has 0 atom stereocenters. The van der Waals surface area contributed by atoms with Crippen LogP contribution in [0, 0.1) is 12.7 Å². The Labute approximate surface area is 130 Å². The Morgan fingerprint density at radius 3 is 2.67 bits per heavy atom. The smallest absolute Gasteiger partial charge is 0.153 e. The van der Waals surface area contributed by atoms with Crippen LogP contribution in [0.15, 0.2) is 46.9 Å². The number of aromatic nitrogens is 2. The van der Waals surface area contributed by atoms with Crippen molar-refractivity contribution in [2.75, 3.05) is 5.73 Å². The highest BCUT2D eigenvalue weighted by Gasteiger charge is 2.17. The van der Waals surface area contributed by atoms with Crippen LogP contribution in [-0.4, -0.2) is 10.2 Å². The Morgan fingerprint density at radius 1 is 1.19 bits per heavy atom. The highest BCUT2D eigenvalue weighted by atomic mass is 79.9. The summed E-state index contributed by atoms with van der Waals surface area (Å²) in [6, 6.07) is 12.8. The van der Waals surface area contributed by atoms with Crippen molar-refractivity contribution in [3.63, 3.8) is 0 Å². The van der Waals surface area contributed by atoms with Crippen molar-refractivity contribution in [3.05, 3.63) is 58.3 Å². The van der Waals surface area contributed by atoms with E-state index in [1.807, 2.05) is 37.3 Å². The molecule has 0 spiro atoms. The topological polar surface area (TPSA) is 54.7 Å². The number of nitrogens with zero attached hydrogens (tertiary/aromatic N) is 1. The molecular weight excluding hydrogens is 333 g/mol. The van der Waals surface area contributed by atoms with Gasteiger partial charge in [-0.3, -0.25) is 5.10 Å². The first kappa shape index (κ1) is 13.8. The number of anilines is 1. The third-order valence-electron chi connectivity index (χ3n) is 3.42. The molecular formula is C16H13BrFN3. The third-order valence-corrected chi connectivity index (χ3v) is 4.06. The lowest BCUT2D eigenvalue weighted by molar-refractivity contribution is 0.621. The zero-order valence-corrected chi connectivity index (χ0v) is 12.9. The predicted molar refractivity (Wildman–Crippen MR) is 86.3 cm³/mol. The maximum Gasteiger partial charge on any atom is 0.153 e. The number of aryl methyl sites for hydroxylation is 1. The summed E-state index contributed by atoms with van der Waals surface area (Å²) in [5.74, 6) is 0.0824. The van der Waals surface area contributed by atoms with E-state index in [1.54, 1.807) is 6.07 Å². The van der Waals surface area contributed by atoms with Gasteiger partial charge in [0.1, 0.15) is 5.82 Å². The molecule has 0 fully saturated rings. The maximum absolute atomic E-state index is 13.8. The van der Waals surface area contributed by atoms with E-state index >= 15 is 0 Å². The fourth-order valence-corrected chi connectivity index (χ4v) is 2.59. The average Bonchev–Trinajstić information content (AvgIpc) is 2.84. The van der Waals surface area contributed by atoms with Crippen LogP contribution in [0.3, 0.4) is 0 Å². The van der Waals surface area contributed by atoms with Gasteiger partial charge in [-0.25, -0.2) is 4.39 Å². The van der Waals surface area contributed by atoms with Crippen molar-refractivity contribution >= 4 is 21.7 Å². The summed E-state index contributed by atoms with van der Waals surface area (Å²) in [5.41, 5.74) is 10.3. The minimum absolute atomic E-state index is 0.323. The molecule has 0 aliphatic heterocycles. The van der Waals surface area contributed by atoms with Gasteiger partial charge in [0.05, 0.1) is 15.7 Å². The quantitative estimate of drug-likeness (QED) is 0.716. The Hall–Kier alpha value is -2.14. The summed E-state index contributed by atoms with van der Waals surface area (Å²) in [6.07, 6.45) is 0. The monoisotopic (exact) mass is 345 g/mol. The Balaban J connectivity index is 2.22. The lowest BCUT2D eigenvalue weighted by atomic mass is 9.97. The normalized spacial score (nSPS) is 10.8. The SMILES string of the molecule is Cc1ccccc1-c1c(N)n[nH]c1-c1ccc(Br)c(F)c1. The molecule has 0 aliphatic rings. The van der Waals surface area contributed by atoms with E-state index in [0.29, 0.717) is 21.5 Å². The number of H-pyrrole nitrogens is 1. The van der Waals surface area contributed by atoms with Crippen LogP contribution in [0.25, 0.3) is 22.4 Å². The zero-order chi connectivity index (χ0) is 15.0. The first-order valence-corrected chi connectivity index (χ1v) is 7.22. The fourth-order valence-electron chi connectivity index (χ4n) is 2.34. The molecule has 0 bridgehead atoms. The summed E-state index contributed by atoms with van der Waals surface area (Å²) in [7, 11) is 0. The molecule has 21 heavy (non-hydrogen) atoms. The fraction of sp³-hybridized carbons (Fsp3) is 0.0625. The van der Waals surface area contributed by atoms with E-state index in [0.717, 1.165) is 16.7 Å². The molecule has 0 unspecified atom stereocenters. The molecule has 1 heterocycles. The Morgan fingerprint density at radius 2 is 1.95 bits per heavy atom. The molecule has 3 rings (SSSR count). The van der Waals surface area contributed by atoms with Gasteiger partial charge in [-0.2, -0.15) is 5.10 Å². The van der Waals surface area contributed by atoms with Crippen LogP contribution in [0.5, 0.6) is 0 Å². The molecule has 3 aromatic rings. The number of rotatable bonds is 2. The van der Waals surface area contributed by atoms with Gasteiger partial charge in [-0.15, -0.1) is 0 Å². The number of nitrogens with two attached hydrogens (primary N) is 1. The molecule has 2 aromatic carbocycles. The zero-order valence-electron chi connectivity index (χ0n) is 11.3. The number of halogens is 2. The lowest BCUT2D eigenvalue weighted by Crippen LogP contribution is -1.91. The second kappa shape index (κ2) is 5.33. The van der Waals surface area contributed by atoms with E-state index in [2.05, 4.69) is 26.1 Å². The van der Waals surface area contributed by atoms with Gasteiger partial charge < -0.3 is 5.73 Å². The Bertz CT molecular complexity index is 811. The lowest BCUT2D eigenvalue weighted by Gasteiger charge is -2.08. The van der Waals surface area contributed by atoms with Crippen LogP contribution < -0.4 is 5.73 Å². The second-order valence-electron chi connectivity index (χ2n) is 4.80. The van der Waals surface area contributed by atoms with Gasteiger partial charge in [0.2, 0.25) is 0 Å². The predicted octanol–water partition coefficient (Wildman–Crippen LogP) is 4.54. The van der Waals surface area contributed by atoms with Crippen LogP contribution in [0.1, 0.15) is 5.56 Å². The first-order valence-electron chi connectivity index (χ1n) is 6.43. The molecule has 3 nitrogen and oxygen atoms in total. The number of hydrogen-bond donors (Lipinski definition) is 2. The van der Waals surface area contributed by atoms with E-state index in [1.165, 1.54) is 6.07 Å². The van der Waals surface area contributed by atoms with Gasteiger partial charge in [-0.1, -0.05) is 30.3 Å². The van der Waals surface area contributed by atoms with E-state index in [4.69, 9.17) is 5.73 Å². The molecule has 0 saturated carbocycles. The van der Waals surface area contributed by atoms with Gasteiger partial charge in [-0.05, 0) is 46.1 Å². The number of benzene rings is 2. The van der Waals surface area contributed by atoms with Crippen molar-refractivity contribution in [1.29, 1.82) is 0 Å². The number of nitrogen functional groups attached to an aromatic ring is 1. The summed E-state index contributed by atoms with van der Waals surface area (Å²) in [5, 5.41) is 6.99. The third kappa shape index (κ3) is 2.45. The van der Waals surface area contributed by atoms with E-state index < -0.39 is 0 Å². The molecule has 5 heteroatoms. The number of hydrogen-bond acceptors (Lipinski definition) is 2. The number of nitrogens with one attached hydrogen (secondary N) is 1. The van der Waals surface area contributed by atoms with Crippen LogP contribution in [-0.2, 0) is 0 Å². The van der Waals surface area contributed by atoms with E-state index in [9.17, 15) is 4.39 Å². The molecule has 106 valence electrons. The van der Waals surface area contributed by atoms with Crippen LogP contribution >= 0.6 is 15.9 Å². The van der Waals surface area contributed by atoms with E-state index in [-0.39, 0.29) is 5.82 Å². The van der Waals surface area contributed by atoms with Gasteiger partial charge in [0.25, 0.3) is 0 Å². The first-order chi connectivity index (χ1) is 10.1. The van der Waals surface area contributed by atoms with Crippen molar-refractivity contribution in [3.8, 4) is 22.4 Å². The Kier molecular flexibility index (Phi) is 3.51. The van der Waals surface area contributed by atoms with Crippen molar-refractivity contribution in [1.82, 2.24) is 10.2 Å². The average molecular weight is 346 g/mol. The minimum Gasteiger partial charge on any atom is -0.382 e. The highest BCUT2D eigenvalue weighted by Crippen LogP contribution is 2.37. The molecule has 3 N–H and O–H groups in total. The maximum atomic E-state index is 13.8. The van der Waals surface area contributed by atoms with Gasteiger partial charge >= 0.3 is 0 Å². The largest absolute Gasteiger partial charge is 0.382 e. The summed E-state index contributed by atoms with van der Waals surface area (Å²) in [4.78, 5) is 0.